The summed E-state index contributed by atoms with van der Waals surface area (Å²) >= 11 is 5.97. The summed E-state index contributed by atoms with van der Waals surface area (Å²) < 4.78 is 30.5. The summed E-state index contributed by atoms with van der Waals surface area (Å²) in [4.78, 5) is 0. The van der Waals surface area contributed by atoms with Crippen LogP contribution in [0.25, 0.3) is 0 Å². The Kier molecular flexibility index (Phi) is 3.79. The molecule has 0 radical (unpaired) electrons. The van der Waals surface area contributed by atoms with Crippen LogP contribution in [0.15, 0.2) is 18.2 Å². The third kappa shape index (κ3) is 2.65. The zero-order valence-corrected chi connectivity index (χ0v) is 13.4. The molecule has 0 aliphatic carbocycles. The van der Waals surface area contributed by atoms with Crippen LogP contribution in [0.1, 0.15) is 25.5 Å². The van der Waals surface area contributed by atoms with E-state index in [1.54, 1.807) is 32.0 Å². The van der Waals surface area contributed by atoms with Crippen LogP contribution >= 0.6 is 11.6 Å². The number of hydrogen-bond acceptors (Lipinski definition) is 4. The molecule has 1 aromatic rings. The molecule has 2 rings (SSSR count). The summed E-state index contributed by atoms with van der Waals surface area (Å²) in [6.07, 6.45) is 0.0973. The highest BCUT2D eigenvalue weighted by Crippen LogP contribution is 2.43. The number of nitrogens with zero attached hydrogens (tertiary/aromatic N) is 1. The van der Waals surface area contributed by atoms with Crippen LogP contribution in [0.5, 0.6) is 5.75 Å². The molecule has 0 bridgehead atoms. The number of hydrogen-bond donors (Lipinski definition) is 1. The zero-order valence-electron chi connectivity index (χ0n) is 11.8. The van der Waals surface area contributed by atoms with Crippen molar-refractivity contribution in [2.24, 2.45) is 0 Å². The molecule has 0 amide bonds. The quantitative estimate of drug-likeness (QED) is 0.902. The SMILES string of the molecule is CN([C@H]1c2cc(Cl)ccc2OC(C)(C)[C@@H]1O)S(C)(=O)=O. The zero-order chi connectivity index (χ0) is 15.3. The maximum absolute atomic E-state index is 11.8. The Hall–Kier alpha value is -0.820. The van der Waals surface area contributed by atoms with Gasteiger partial charge in [-0.2, -0.15) is 4.31 Å². The molecule has 112 valence electrons. The molecule has 2 atom stereocenters. The fourth-order valence-corrected chi connectivity index (χ4v) is 3.16. The predicted molar refractivity (Wildman–Crippen MR) is 77.5 cm³/mol. The van der Waals surface area contributed by atoms with E-state index in [4.69, 9.17) is 16.3 Å². The van der Waals surface area contributed by atoms with Gasteiger partial charge in [0.15, 0.2) is 0 Å². The topological polar surface area (TPSA) is 66.8 Å². The number of aliphatic hydroxyl groups is 1. The first-order chi connectivity index (χ1) is 9.04. The Morgan fingerprint density at radius 1 is 1.40 bits per heavy atom. The molecule has 0 saturated carbocycles. The molecule has 1 heterocycles. The molecule has 0 spiro atoms. The predicted octanol–water partition coefficient (Wildman–Crippen LogP) is 1.80. The van der Waals surface area contributed by atoms with E-state index in [-0.39, 0.29) is 0 Å². The van der Waals surface area contributed by atoms with Gasteiger partial charge in [0, 0.05) is 17.6 Å². The van der Waals surface area contributed by atoms with Crippen molar-refractivity contribution in [3.8, 4) is 5.75 Å². The van der Waals surface area contributed by atoms with Crippen LogP contribution in [0.2, 0.25) is 5.02 Å². The molecular formula is C13H18ClNO4S. The van der Waals surface area contributed by atoms with E-state index in [1.165, 1.54) is 7.05 Å². The molecule has 0 unspecified atom stereocenters. The minimum absolute atomic E-state index is 0.464. The third-order valence-corrected chi connectivity index (χ3v) is 5.10. The van der Waals surface area contributed by atoms with Crippen LogP contribution in [0, 0.1) is 0 Å². The second-order valence-corrected chi connectivity index (χ2v) is 8.03. The number of fused-ring (bicyclic) bond motifs is 1. The number of halogens is 1. The number of sulfonamides is 1. The van der Waals surface area contributed by atoms with Crippen LogP contribution in [0.3, 0.4) is 0 Å². The lowest BCUT2D eigenvalue weighted by atomic mass is 9.86. The highest BCUT2D eigenvalue weighted by atomic mass is 35.5. The number of aliphatic hydroxyl groups excluding tert-OH is 1. The summed E-state index contributed by atoms with van der Waals surface area (Å²) in [5, 5.41) is 11.0. The number of likely N-dealkylation sites (N-methyl/N-ethyl adjacent to an activating group) is 1. The molecule has 1 aliphatic heterocycles. The van der Waals surface area contributed by atoms with Crippen molar-refractivity contribution in [1.82, 2.24) is 4.31 Å². The van der Waals surface area contributed by atoms with E-state index < -0.39 is 27.8 Å². The monoisotopic (exact) mass is 319 g/mol. The first-order valence-corrected chi connectivity index (χ1v) is 8.36. The second kappa shape index (κ2) is 4.87. The number of benzene rings is 1. The third-order valence-electron chi connectivity index (χ3n) is 3.59. The fourth-order valence-electron chi connectivity index (χ4n) is 2.34. The Morgan fingerprint density at radius 3 is 2.55 bits per heavy atom. The first kappa shape index (κ1) is 15.6. The molecule has 5 nitrogen and oxygen atoms in total. The van der Waals surface area contributed by atoms with Gasteiger partial charge in [-0.1, -0.05) is 11.6 Å². The Morgan fingerprint density at radius 2 is 2.00 bits per heavy atom. The van der Waals surface area contributed by atoms with Gasteiger partial charge in [0.2, 0.25) is 10.0 Å². The van der Waals surface area contributed by atoms with Crippen molar-refractivity contribution in [3.63, 3.8) is 0 Å². The van der Waals surface area contributed by atoms with Gasteiger partial charge < -0.3 is 9.84 Å². The van der Waals surface area contributed by atoms with Gasteiger partial charge in [0.05, 0.1) is 12.3 Å². The second-order valence-electron chi connectivity index (χ2n) is 5.56. The van der Waals surface area contributed by atoms with E-state index >= 15 is 0 Å². The molecule has 1 aromatic carbocycles. The van der Waals surface area contributed by atoms with Gasteiger partial charge in [-0.05, 0) is 32.0 Å². The average molecular weight is 320 g/mol. The van der Waals surface area contributed by atoms with Crippen LogP contribution in [-0.4, -0.2) is 42.8 Å². The molecule has 0 saturated heterocycles. The highest BCUT2D eigenvalue weighted by molar-refractivity contribution is 7.88. The molecule has 0 aromatic heterocycles. The minimum Gasteiger partial charge on any atom is -0.485 e. The van der Waals surface area contributed by atoms with E-state index in [1.807, 2.05) is 0 Å². The molecular weight excluding hydrogens is 302 g/mol. The van der Waals surface area contributed by atoms with Gasteiger partial charge in [-0.3, -0.25) is 0 Å². The number of ether oxygens (including phenoxy) is 1. The van der Waals surface area contributed by atoms with Crippen molar-refractivity contribution in [3.05, 3.63) is 28.8 Å². The Bertz CT molecular complexity index is 629. The first-order valence-electron chi connectivity index (χ1n) is 6.13. The van der Waals surface area contributed by atoms with Crippen molar-refractivity contribution in [2.75, 3.05) is 13.3 Å². The average Bonchev–Trinajstić information content (AvgIpc) is 2.30. The fraction of sp³-hybridized carbons (Fsp3) is 0.538. The van der Waals surface area contributed by atoms with Crippen molar-refractivity contribution in [2.45, 2.75) is 31.6 Å². The lowest BCUT2D eigenvalue weighted by molar-refractivity contribution is -0.0762. The van der Waals surface area contributed by atoms with Crippen LogP contribution < -0.4 is 4.74 Å². The van der Waals surface area contributed by atoms with E-state index in [2.05, 4.69) is 0 Å². The number of rotatable bonds is 2. The minimum atomic E-state index is -3.47. The Labute approximate surface area is 124 Å². The summed E-state index contributed by atoms with van der Waals surface area (Å²) in [5.74, 6) is 0.533. The summed E-state index contributed by atoms with van der Waals surface area (Å²) in [5.41, 5.74) is -0.331. The van der Waals surface area contributed by atoms with Crippen LogP contribution in [0.4, 0.5) is 0 Å². The van der Waals surface area contributed by atoms with Gasteiger partial charge >= 0.3 is 0 Å². The Balaban J connectivity index is 2.62. The van der Waals surface area contributed by atoms with Crippen molar-refractivity contribution >= 4 is 21.6 Å². The van der Waals surface area contributed by atoms with Gasteiger partial charge in [0.25, 0.3) is 0 Å². The molecule has 1 aliphatic rings. The van der Waals surface area contributed by atoms with Crippen molar-refractivity contribution in [1.29, 1.82) is 0 Å². The standard InChI is InChI=1S/C13H18ClNO4S/c1-13(2)12(16)11(15(3)20(4,17)18)9-7-8(14)5-6-10(9)19-13/h5-7,11-12,16H,1-4H3/t11-,12+/m0/s1. The lowest BCUT2D eigenvalue weighted by Gasteiger charge is -2.44. The van der Waals surface area contributed by atoms with E-state index in [9.17, 15) is 13.5 Å². The van der Waals surface area contributed by atoms with Crippen LogP contribution in [-0.2, 0) is 10.0 Å². The van der Waals surface area contributed by atoms with Crippen molar-refractivity contribution < 1.29 is 18.3 Å². The summed E-state index contributed by atoms with van der Waals surface area (Å²) in [6, 6.07) is 4.25. The maximum Gasteiger partial charge on any atom is 0.211 e. The molecule has 20 heavy (non-hydrogen) atoms. The largest absolute Gasteiger partial charge is 0.485 e. The maximum atomic E-state index is 11.8. The summed E-state index contributed by atoms with van der Waals surface area (Å²) in [6.45, 7) is 3.44. The smallest absolute Gasteiger partial charge is 0.211 e. The molecule has 0 fully saturated rings. The van der Waals surface area contributed by atoms with E-state index in [0.717, 1.165) is 10.6 Å². The van der Waals surface area contributed by atoms with Gasteiger partial charge in [-0.25, -0.2) is 8.42 Å². The molecule has 7 heteroatoms. The molecule has 1 N–H and O–H groups in total. The van der Waals surface area contributed by atoms with Gasteiger partial charge in [0.1, 0.15) is 17.5 Å². The normalized spacial score (nSPS) is 25.1. The van der Waals surface area contributed by atoms with E-state index in [0.29, 0.717) is 16.3 Å². The lowest BCUT2D eigenvalue weighted by Crippen LogP contribution is -2.53. The highest BCUT2D eigenvalue weighted by Gasteiger charge is 2.46. The summed E-state index contributed by atoms with van der Waals surface area (Å²) in [7, 11) is -2.03. The van der Waals surface area contributed by atoms with Gasteiger partial charge in [-0.15, -0.1) is 0 Å².